The summed E-state index contributed by atoms with van der Waals surface area (Å²) < 4.78 is 40.2. The van der Waals surface area contributed by atoms with Crippen molar-refractivity contribution in [1.29, 1.82) is 5.26 Å². The van der Waals surface area contributed by atoms with Crippen LogP contribution in [0.15, 0.2) is 35.4 Å². The average Bonchev–Trinajstić information content (AvgIpc) is 2.43. The number of halogens is 2. The highest BCUT2D eigenvalue weighted by Gasteiger charge is 2.17. The predicted molar refractivity (Wildman–Crippen MR) is 75.9 cm³/mol. The number of anilines is 1. The molecule has 0 saturated heterocycles. The summed E-state index contributed by atoms with van der Waals surface area (Å²) in [6.45, 7) is 1.41. The lowest BCUT2D eigenvalue weighted by atomic mass is 10.1. The fourth-order valence-electron chi connectivity index (χ4n) is 1.57. The molecule has 0 radical (unpaired) electrons. The highest BCUT2D eigenvalue weighted by molar-refractivity contribution is 7.92. The van der Waals surface area contributed by atoms with Crippen molar-refractivity contribution in [3.8, 4) is 6.07 Å². The van der Waals surface area contributed by atoms with Gasteiger partial charge in [-0.3, -0.25) is 4.72 Å². The van der Waals surface area contributed by atoms with Crippen LogP contribution in [0.3, 0.4) is 0 Å². The molecule has 2 aromatic rings. The van der Waals surface area contributed by atoms with Gasteiger partial charge in [-0.1, -0.05) is 11.6 Å². The fraction of sp³-hybridized carbons (Fsp3) is 0.0769. The van der Waals surface area contributed by atoms with Gasteiger partial charge in [0.05, 0.1) is 17.3 Å². The third-order valence-corrected chi connectivity index (χ3v) is 4.30. The van der Waals surface area contributed by atoms with Crippen molar-refractivity contribution in [1.82, 2.24) is 4.98 Å². The van der Waals surface area contributed by atoms with Crippen LogP contribution in [-0.4, -0.2) is 13.4 Å². The van der Waals surface area contributed by atoms with E-state index >= 15 is 0 Å². The van der Waals surface area contributed by atoms with Crippen molar-refractivity contribution >= 4 is 27.3 Å². The lowest BCUT2D eigenvalue weighted by Gasteiger charge is -2.11. The van der Waals surface area contributed by atoms with Gasteiger partial charge in [-0.25, -0.2) is 17.8 Å². The number of hydrogen-bond acceptors (Lipinski definition) is 4. The Morgan fingerprint density at radius 2 is 2.10 bits per heavy atom. The molecule has 0 amide bonds. The third-order valence-electron chi connectivity index (χ3n) is 2.73. The molecule has 5 nitrogen and oxygen atoms in total. The molecular formula is C13H9ClFN3O2S. The molecule has 0 fully saturated rings. The zero-order chi connectivity index (χ0) is 15.6. The molecule has 8 heteroatoms. The topological polar surface area (TPSA) is 82.9 Å². The zero-order valence-electron chi connectivity index (χ0n) is 10.8. The molecule has 1 aromatic carbocycles. The monoisotopic (exact) mass is 325 g/mol. The SMILES string of the molecule is Cc1c(F)cc(C#N)cc1NS(=O)(=O)c1ccc(Cl)nc1. The van der Waals surface area contributed by atoms with E-state index in [2.05, 4.69) is 9.71 Å². The lowest BCUT2D eigenvalue weighted by molar-refractivity contribution is 0.600. The molecular weight excluding hydrogens is 317 g/mol. The van der Waals surface area contributed by atoms with Gasteiger partial charge in [-0.2, -0.15) is 5.26 Å². The van der Waals surface area contributed by atoms with Crippen molar-refractivity contribution in [2.75, 3.05) is 4.72 Å². The minimum absolute atomic E-state index is 0.00139. The van der Waals surface area contributed by atoms with E-state index in [9.17, 15) is 12.8 Å². The lowest BCUT2D eigenvalue weighted by Crippen LogP contribution is -2.14. The summed E-state index contributed by atoms with van der Waals surface area (Å²) in [6, 6.07) is 6.67. The first-order chi connectivity index (χ1) is 9.83. The number of nitriles is 1. The van der Waals surface area contributed by atoms with Gasteiger partial charge in [0.25, 0.3) is 10.0 Å². The van der Waals surface area contributed by atoms with Gasteiger partial charge < -0.3 is 0 Å². The number of nitrogens with zero attached hydrogens (tertiary/aromatic N) is 2. The first-order valence-corrected chi connectivity index (χ1v) is 7.54. The van der Waals surface area contributed by atoms with Gasteiger partial charge in [-0.05, 0) is 31.2 Å². The molecule has 2 rings (SSSR count). The molecule has 0 spiro atoms. The van der Waals surface area contributed by atoms with Crippen LogP contribution in [0.1, 0.15) is 11.1 Å². The summed E-state index contributed by atoms with van der Waals surface area (Å²) in [7, 11) is -3.94. The Labute approximate surface area is 126 Å². The van der Waals surface area contributed by atoms with Crippen molar-refractivity contribution in [3.05, 3.63) is 52.6 Å². The second kappa shape index (κ2) is 5.68. The zero-order valence-corrected chi connectivity index (χ0v) is 12.3. The van der Waals surface area contributed by atoms with Crippen molar-refractivity contribution in [2.45, 2.75) is 11.8 Å². The molecule has 1 aromatic heterocycles. The highest BCUT2D eigenvalue weighted by Crippen LogP contribution is 2.23. The van der Waals surface area contributed by atoms with Gasteiger partial charge in [-0.15, -0.1) is 0 Å². The van der Waals surface area contributed by atoms with Gasteiger partial charge in [0.15, 0.2) is 0 Å². The largest absolute Gasteiger partial charge is 0.279 e. The Balaban J connectivity index is 2.44. The maximum absolute atomic E-state index is 13.6. The number of hydrogen-bond donors (Lipinski definition) is 1. The van der Waals surface area contributed by atoms with Crippen LogP contribution in [-0.2, 0) is 10.0 Å². The van der Waals surface area contributed by atoms with Crippen LogP contribution >= 0.6 is 11.6 Å². The van der Waals surface area contributed by atoms with Gasteiger partial charge in [0.1, 0.15) is 15.9 Å². The molecule has 0 aliphatic rings. The van der Waals surface area contributed by atoms with Crippen LogP contribution in [0.4, 0.5) is 10.1 Å². The minimum Gasteiger partial charge on any atom is -0.279 e. The maximum atomic E-state index is 13.6. The van der Waals surface area contributed by atoms with E-state index in [0.717, 1.165) is 12.3 Å². The first-order valence-electron chi connectivity index (χ1n) is 5.68. The Kier molecular flexibility index (Phi) is 4.11. The number of aromatic nitrogens is 1. The van der Waals surface area contributed by atoms with Crippen LogP contribution < -0.4 is 4.72 Å². The molecule has 0 aliphatic carbocycles. The van der Waals surface area contributed by atoms with Crippen LogP contribution in [0, 0.1) is 24.1 Å². The minimum atomic E-state index is -3.94. The molecule has 1 N–H and O–H groups in total. The Hall–Kier alpha value is -2.17. The van der Waals surface area contributed by atoms with Crippen molar-refractivity contribution in [3.63, 3.8) is 0 Å². The number of sulfonamides is 1. The summed E-state index contributed by atoms with van der Waals surface area (Å²) in [5, 5.41) is 8.96. The number of nitrogens with one attached hydrogen (secondary N) is 1. The summed E-state index contributed by atoms with van der Waals surface area (Å²) >= 11 is 5.60. The number of benzene rings is 1. The summed E-state index contributed by atoms with van der Waals surface area (Å²) in [4.78, 5) is 3.56. The Bertz CT molecular complexity index is 830. The smallest absolute Gasteiger partial charge is 0.263 e. The normalized spacial score (nSPS) is 11.0. The van der Waals surface area contributed by atoms with Crippen LogP contribution in [0.25, 0.3) is 0 Å². The summed E-state index contributed by atoms with van der Waals surface area (Å²) in [5.74, 6) is -0.666. The van der Waals surface area contributed by atoms with E-state index in [-0.39, 0.29) is 26.9 Å². The molecule has 0 bridgehead atoms. The van der Waals surface area contributed by atoms with E-state index in [0.29, 0.717) is 0 Å². The first kappa shape index (κ1) is 15.2. The van der Waals surface area contributed by atoms with E-state index in [1.807, 2.05) is 0 Å². The Morgan fingerprint density at radius 3 is 2.67 bits per heavy atom. The Morgan fingerprint density at radius 1 is 1.38 bits per heavy atom. The quantitative estimate of drug-likeness (QED) is 0.880. The van der Waals surface area contributed by atoms with E-state index in [4.69, 9.17) is 16.9 Å². The van der Waals surface area contributed by atoms with E-state index in [1.54, 1.807) is 6.07 Å². The van der Waals surface area contributed by atoms with Crippen LogP contribution in [0.5, 0.6) is 0 Å². The second-order valence-electron chi connectivity index (χ2n) is 4.16. The fourth-order valence-corrected chi connectivity index (χ4v) is 2.74. The third kappa shape index (κ3) is 3.29. The molecule has 0 atom stereocenters. The molecule has 1 heterocycles. The van der Waals surface area contributed by atoms with Crippen molar-refractivity contribution < 1.29 is 12.8 Å². The molecule has 21 heavy (non-hydrogen) atoms. The van der Waals surface area contributed by atoms with Gasteiger partial charge in [0.2, 0.25) is 0 Å². The standard InChI is InChI=1S/C13H9ClFN3O2S/c1-8-11(15)4-9(6-16)5-12(8)18-21(19,20)10-2-3-13(14)17-7-10/h2-5,7,18H,1H3. The average molecular weight is 326 g/mol. The number of pyridine rings is 1. The molecule has 108 valence electrons. The van der Waals surface area contributed by atoms with Gasteiger partial charge in [0, 0.05) is 11.8 Å². The molecule has 0 saturated carbocycles. The predicted octanol–water partition coefficient (Wildman–Crippen LogP) is 2.86. The maximum Gasteiger partial charge on any atom is 0.263 e. The van der Waals surface area contributed by atoms with Crippen molar-refractivity contribution in [2.24, 2.45) is 0 Å². The molecule has 0 unspecified atom stereocenters. The second-order valence-corrected chi connectivity index (χ2v) is 6.23. The van der Waals surface area contributed by atoms with Gasteiger partial charge >= 0.3 is 0 Å². The molecule has 0 aliphatic heterocycles. The highest BCUT2D eigenvalue weighted by atomic mass is 35.5. The van der Waals surface area contributed by atoms with E-state index < -0.39 is 15.8 Å². The summed E-state index contributed by atoms with van der Waals surface area (Å²) in [5.41, 5.74) is 0.117. The van der Waals surface area contributed by atoms with Crippen LogP contribution in [0.2, 0.25) is 5.15 Å². The number of rotatable bonds is 3. The summed E-state index contributed by atoms with van der Waals surface area (Å²) in [6.07, 6.45) is 1.09. The van der Waals surface area contributed by atoms with E-state index in [1.165, 1.54) is 25.1 Å².